The smallest absolute Gasteiger partial charge is 0.0700 e. The second-order valence-electron chi connectivity index (χ2n) is 7.39. The van der Waals surface area contributed by atoms with Gasteiger partial charge in [0.15, 0.2) is 0 Å². The van der Waals surface area contributed by atoms with Crippen molar-refractivity contribution in [3.05, 3.63) is 0 Å². The van der Waals surface area contributed by atoms with E-state index in [9.17, 15) is 0 Å². The summed E-state index contributed by atoms with van der Waals surface area (Å²) in [5.74, 6) is 0. The summed E-state index contributed by atoms with van der Waals surface area (Å²) in [5, 5.41) is 3.88. The number of hydrogen-bond acceptors (Lipinski definition) is 4. The zero-order valence-corrected chi connectivity index (χ0v) is 14.2. The summed E-state index contributed by atoms with van der Waals surface area (Å²) in [4.78, 5) is 2.69. The van der Waals surface area contributed by atoms with Gasteiger partial charge in [0.25, 0.3) is 0 Å². The average molecular weight is 298 g/mol. The van der Waals surface area contributed by atoms with Gasteiger partial charge in [-0.2, -0.15) is 0 Å². The Morgan fingerprint density at radius 2 is 1.81 bits per heavy atom. The van der Waals surface area contributed by atoms with E-state index in [0.717, 1.165) is 26.1 Å². The van der Waals surface area contributed by atoms with Crippen molar-refractivity contribution < 1.29 is 9.47 Å². The van der Waals surface area contributed by atoms with Crippen LogP contribution in [0.2, 0.25) is 0 Å². The molecule has 0 atom stereocenters. The molecule has 0 unspecified atom stereocenters. The molecule has 4 nitrogen and oxygen atoms in total. The lowest BCUT2D eigenvalue weighted by molar-refractivity contribution is 0.00165. The van der Waals surface area contributed by atoms with Gasteiger partial charge >= 0.3 is 0 Å². The van der Waals surface area contributed by atoms with Crippen LogP contribution in [0.4, 0.5) is 0 Å². The summed E-state index contributed by atoms with van der Waals surface area (Å²) in [7, 11) is 1.72. The van der Waals surface area contributed by atoms with Crippen LogP contribution in [0.1, 0.15) is 52.4 Å². The third-order valence-corrected chi connectivity index (χ3v) is 5.20. The highest BCUT2D eigenvalue weighted by atomic mass is 16.5. The molecule has 4 heteroatoms. The fourth-order valence-corrected chi connectivity index (χ4v) is 3.70. The largest absolute Gasteiger partial charge is 0.382 e. The second kappa shape index (κ2) is 7.91. The Hall–Kier alpha value is -0.160. The molecule has 0 amide bonds. The van der Waals surface area contributed by atoms with E-state index in [1.165, 1.54) is 38.6 Å². The number of nitrogens with one attached hydrogen (secondary N) is 1. The van der Waals surface area contributed by atoms with Crippen molar-refractivity contribution in [3.63, 3.8) is 0 Å². The lowest BCUT2D eigenvalue weighted by atomic mass is 9.77. The fourth-order valence-electron chi connectivity index (χ4n) is 3.70. The van der Waals surface area contributed by atoms with E-state index in [4.69, 9.17) is 9.47 Å². The van der Waals surface area contributed by atoms with Crippen molar-refractivity contribution in [1.82, 2.24) is 10.2 Å². The zero-order chi connectivity index (χ0) is 15.2. The first kappa shape index (κ1) is 17.2. The first-order chi connectivity index (χ1) is 10.1. The highest BCUT2D eigenvalue weighted by molar-refractivity contribution is 5.02. The normalized spacial score (nSPS) is 25.3. The molecule has 1 aliphatic carbocycles. The average Bonchev–Trinajstić information content (AvgIpc) is 2.48. The molecule has 2 rings (SSSR count). The van der Waals surface area contributed by atoms with Gasteiger partial charge in [-0.05, 0) is 33.1 Å². The van der Waals surface area contributed by atoms with Gasteiger partial charge in [0, 0.05) is 44.4 Å². The third kappa shape index (κ3) is 4.92. The van der Waals surface area contributed by atoms with Gasteiger partial charge in [-0.3, -0.25) is 4.90 Å². The van der Waals surface area contributed by atoms with E-state index >= 15 is 0 Å². The molecular weight excluding hydrogens is 264 g/mol. The minimum absolute atomic E-state index is 0.259. The molecule has 1 heterocycles. The number of nitrogens with zero attached hydrogens (tertiary/aromatic N) is 1. The maximum atomic E-state index is 5.60. The first-order valence-corrected chi connectivity index (χ1v) is 8.65. The fraction of sp³-hybridized carbons (Fsp3) is 1.00. The number of ether oxygens (including phenoxy) is 2. The molecule has 0 radical (unpaired) electrons. The van der Waals surface area contributed by atoms with Crippen molar-refractivity contribution in [2.75, 3.05) is 46.6 Å². The Labute approximate surface area is 130 Å². The van der Waals surface area contributed by atoms with E-state index in [-0.39, 0.29) is 5.54 Å². The number of piperazine rings is 1. The molecule has 1 aliphatic heterocycles. The highest BCUT2D eigenvalue weighted by Gasteiger charge is 2.42. The zero-order valence-electron chi connectivity index (χ0n) is 14.2. The maximum absolute atomic E-state index is 5.60. The lowest BCUT2D eigenvalue weighted by Gasteiger charge is -2.53. The predicted molar refractivity (Wildman–Crippen MR) is 86.8 cm³/mol. The molecule has 1 saturated carbocycles. The van der Waals surface area contributed by atoms with E-state index < -0.39 is 0 Å². The standard InChI is InChI=1S/C17H34N2O2/c1-16(2)14-18-17(8-5-4-6-9-17)15-19(16)10-7-11-21-13-12-20-3/h18H,4-15H2,1-3H3. The molecule has 124 valence electrons. The second-order valence-corrected chi connectivity index (χ2v) is 7.39. The van der Waals surface area contributed by atoms with Crippen molar-refractivity contribution in [2.24, 2.45) is 0 Å². The van der Waals surface area contributed by atoms with Crippen LogP contribution in [-0.4, -0.2) is 62.5 Å². The minimum atomic E-state index is 0.259. The highest BCUT2D eigenvalue weighted by Crippen LogP contribution is 2.34. The maximum Gasteiger partial charge on any atom is 0.0700 e. The Morgan fingerprint density at radius 3 is 2.52 bits per heavy atom. The molecule has 0 aromatic heterocycles. The van der Waals surface area contributed by atoms with Gasteiger partial charge in [0.1, 0.15) is 0 Å². The summed E-state index contributed by atoms with van der Waals surface area (Å²) in [6.07, 6.45) is 8.01. The summed E-state index contributed by atoms with van der Waals surface area (Å²) in [5.41, 5.74) is 0.653. The lowest BCUT2D eigenvalue weighted by Crippen LogP contribution is -2.68. The van der Waals surface area contributed by atoms with E-state index in [1.807, 2.05) is 0 Å². The molecule has 0 aromatic rings. The molecule has 0 bridgehead atoms. The van der Waals surface area contributed by atoms with Crippen molar-refractivity contribution >= 4 is 0 Å². The topological polar surface area (TPSA) is 33.7 Å². The summed E-state index contributed by atoms with van der Waals surface area (Å²) in [6.45, 7) is 10.4. The van der Waals surface area contributed by atoms with Gasteiger partial charge in [0.2, 0.25) is 0 Å². The SMILES string of the molecule is COCCOCCCN1CC2(CCCCC2)NCC1(C)C. The van der Waals surface area contributed by atoms with Gasteiger partial charge in [-0.1, -0.05) is 19.3 Å². The molecule has 2 fully saturated rings. The van der Waals surface area contributed by atoms with Gasteiger partial charge < -0.3 is 14.8 Å². The van der Waals surface area contributed by atoms with Crippen LogP contribution in [0.15, 0.2) is 0 Å². The first-order valence-electron chi connectivity index (χ1n) is 8.65. The predicted octanol–water partition coefficient (Wildman–Crippen LogP) is 2.43. The summed E-state index contributed by atoms with van der Waals surface area (Å²) < 4.78 is 10.6. The van der Waals surface area contributed by atoms with Crippen LogP contribution < -0.4 is 5.32 Å². The Kier molecular flexibility index (Phi) is 6.48. The molecule has 1 spiro atoms. The van der Waals surface area contributed by atoms with Crippen molar-refractivity contribution in [1.29, 1.82) is 0 Å². The van der Waals surface area contributed by atoms with Gasteiger partial charge in [-0.15, -0.1) is 0 Å². The number of hydrogen-bond donors (Lipinski definition) is 1. The molecule has 1 saturated heterocycles. The molecule has 21 heavy (non-hydrogen) atoms. The van der Waals surface area contributed by atoms with Crippen LogP contribution >= 0.6 is 0 Å². The van der Waals surface area contributed by atoms with Gasteiger partial charge in [0.05, 0.1) is 13.2 Å². The van der Waals surface area contributed by atoms with Crippen LogP contribution in [0, 0.1) is 0 Å². The summed E-state index contributed by atoms with van der Waals surface area (Å²) >= 11 is 0. The molecule has 1 N–H and O–H groups in total. The molecular formula is C17H34N2O2. The minimum Gasteiger partial charge on any atom is -0.382 e. The van der Waals surface area contributed by atoms with Crippen LogP contribution in [0.3, 0.4) is 0 Å². The molecule has 0 aromatic carbocycles. The quantitative estimate of drug-likeness (QED) is 0.732. The van der Waals surface area contributed by atoms with Crippen LogP contribution in [-0.2, 0) is 9.47 Å². The van der Waals surface area contributed by atoms with E-state index in [0.29, 0.717) is 18.8 Å². The van der Waals surface area contributed by atoms with Crippen LogP contribution in [0.5, 0.6) is 0 Å². The number of methoxy groups -OCH3 is 1. The van der Waals surface area contributed by atoms with Crippen LogP contribution in [0.25, 0.3) is 0 Å². The van der Waals surface area contributed by atoms with E-state index in [1.54, 1.807) is 7.11 Å². The van der Waals surface area contributed by atoms with E-state index in [2.05, 4.69) is 24.1 Å². The monoisotopic (exact) mass is 298 g/mol. The Bertz CT molecular complexity index is 301. The third-order valence-electron chi connectivity index (χ3n) is 5.20. The van der Waals surface area contributed by atoms with Crippen molar-refractivity contribution in [3.8, 4) is 0 Å². The van der Waals surface area contributed by atoms with Crippen molar-refractivity contribution in [2.45, 2.75) is 63.5 Å². The number of rotatable bonds is 7. The summed E-state index contributed by atoms with van der Waals surface area (Å²) in [6, 6.07) is 0. The Balaban J connectivity index is 1.77. The Morgan fingerprint density at radius 1 is 1.05 bits per heavy atom. The van der Waals surface area contributed by atoms with Gasteiger partial charge in [-0.25, -0.2) is 0 Å². The molecule has 2 aliphatic rings.